The molecule has 1 heterocycles. The van der Waals surface area contributed by atoms with Gasteiger partial charge in [-0.3, -0.25) is 9.59 Å². The van der Waals surface area contributed by atoms with Gasteiger partial charge in [-0.2, -0.15) is 0 Å². The van der Waals surface area contributed by atoms with E-state index in [9.17, 15) is 14.4 Å². The molecule has 2 aliphatic rings. The molecule has 2 N–H and O–H groups in total. The summed E-state index contributed by atoms with van der Waals surface area (Å²) >= 11 is 18.2. The van der Waals surface area contributed by atoms with Gasteiger partial charge in [0.1, 0.15) is 6.04 Å². The molecule has 7 nitrogen and oxygen atoms in total. The molecule has 2 atom stereocenters. The number of hydrogen-bond donors (Lipinski definition) is 2. The number of hydrogen-bond acceptors (Lipinski definition) is 3. The van der Waals surface area contributed by atoms with Crippen LogP contribution >= 0.6 is 34.8 Å². The molecular formula is C28H23Cl3N4O3. The fraction of sp³-hybridized carbons (Fsp3) is 0.179. The lowest BCUT2D eigenvalue weighted by Gasteiger charge is -2.40. The van der Waals surface area contributed by atoms with Crippen molar-refractivity contribution in [2.75, 3.05) is 25.0 Å². The second-order valence-corrected chi connectivity index (χ2v) is 10.3. The molecule has 0 spiro atoms. The van der Waals surface area contributed by atoms with Gasteiger partial charge in [-0.1, -0.05) is 77.3 Å². The van der Waals surface area contributed by atoms with Crippen LogP contribution in [0.15, 0.2) is 72.8 Å². The molecule has 0 aromatic heterocycles. The molecule has 1 unspecified atom stereocenters. The minimum atomic E-state index is -0.920. The number of halogens is 3. The zero-order chi connectivity index (χ0) is 26.8. The Kier molecular flexibility index (Phi) is 7.61. The summed E-state index contributed by atoms with van der Waals surface area (Å²) in [6.07, 6.45) is 3.86. The lowest BCUT2D eigenvalue weighted by molar-refractivity contribution is -0.127. The Hall–Kier alpha value is -3.52. The molecule has 1 aliphatic carbocycles. The summed E-state index contributed by atoms with van der Waals surface area (Å²) in [5.74, 6) is -0.696. The molecule has 10 heteroatoms. The van der Waals surface area contributed by atoms with Gasteiger partial charge in [0.15, 0.2) is 0 Å². The minimum absolute atomic E-state index is 0.00335. The molecule has 1 aliphatic heterocycles. The van der Waals surface area contributed by atoms with E-state index in [2.05, 4.69) is 10.6 Å². The lowest BCUT2D eigenvalue weighted by atomic mass is 10.0. The summed E-state index contributed by atoms with van der Waals surface area (Å²) in [4.78, 5) is 43.2. The van der Waals surface area contributed by atoms with Crippen molar-refractivity contribution in [1.82, 2.24) is 15.1 Å². The van der Waals surface area contributed by atoms with Gasteiger partial charge in [-0.25, -0.2) is 4.79 Å². The Balaban J connectivity index is 1.37. The van der Waals surface area contributed by atoms with Crippen LogP contribution in [-0.4, -0.2) is 53.3 Å². The number of piperazine rings is 1. The summed E-state index contributed by atoms with van der Waals surface area (Å²) in [6, 6.07) is 17.5. The molecule has 0 bridgehead atoms. The summed E-state index contributed by atoms with van der Waals surface area (Å²) in [5, 5.41) is 6.93. The van der Waals surface area contributed by atoms with Crippen LogP contribution in [0.25, 0.3) is 6.08 Å². The third-order valence-corrected chi connectivity index (χ3v) is 7.54. The van der Waals surface area contributed by atoms with E-state index in [-0.39, 0.29) is 37.5 Å². The van der Waals surface area contributed by atoms with Gasteiger partial charge in [-0.05, 0) is 47.5 Å². The van der Waals surface area contributed by atoms with E-state index in [1.165, 1.54) is 9.80 Å². The van der Waals surface area contributed by atoms with Crippen LogP contribution in [0.1, 0.15) is 27.5 Å². The Bertz CT molecular complexity index is 1440. The number of benzene rings is 3. The van der Waals surface area contributed by atoms with E-state index in [1.807, 2.05) is 36.4 Å². The third kappa shape index (κ3) is 5.50. The van der Waals surface area contributed by atoms with Crippen LogP contribution in [-0.2, 0) is 4.79 Å². The molecule has 3 aromatic carbocycles. The molecule has 0 saturated carbocycles. The van der Waals surface area contributed by atoms with E-state index in [4.69, 9.17) is 34.8 Å². The molecule has 1 fully saturated rings. The first-order valence-electron chi connectivity index (χ1n) is 11.9. The van der Waals surface area contributed by atoms with E-state index in [1.54, 1.807) is 42.5 Å². The summed E-state index contributed by atoms with van der Waals surface area (Å²) in [6.45, 7) is 0.397. The Labute approximate surface area is 235 Å². The van der Waals surface area contributed by atoms with E-state index >= 15 is 0 Å². The van der Waals surface area contributed by atoms with Crippen molar-refractivity contribution in [3.63, 3.8) is 0 Å². The number of carbonyl (C=O) groups is 3. The predicted octanol–water partition coefficient (Wildman–Crippen LogP) is 5.89. The molecule has 3 aromatic rings. The van der Waals surface area contributed by atoms with Gasteiger partial charge in [-0.15, -0.1) is 0 Å². The minimum Gasteiger partial charge on any atom is -0.344 e. The number of nitrogens with zero attached hydrogens (tertiary/aromatic N) is 2. The Morgan fingerprint density at radius 3 is 2.47 bits per heavy atom. The van der Waals surface area contributed by atoms with E-state index < -0.39 is 12.1 Å². The van der Waals surface area contributed by atoms with Crippen LogP contribution in [0.5, 0.6) is 0 Å². The second kappa shape index (κ2) is 11.1. The first kappa shape index (κ1) is 26.1. The molecule has 0 radical (unpaired) electrons. The standard InChI is InChI=1S/C28H23Cl3N4O3/c29-19-6-3-5-18(14-19)27(37)35-13-12-34(28(38)32-20-9-10-22(30)23(31)15-20)16-25(35)26(36)33-24-11-8-17-4-1-2-7-21(17)24/h1-11,14-15,24-25H,12-13,16H2,(H,32,38)(H,33,36)/t24?,25-/m1/s1. The predicted molar refractivity (Wildman–Crippen MR) is 150 cm³/mol. The summed E-state index contributed by atoms with van der Waals surface area (Å²) in [7, 11) is 0. The monoisotopic (exact) mass is 568 g/mol. The first-order valence-corrected chi connectivity index (χ1v) is 13.1. The number of anilines is 1. The van der Waals surface area contributed by atoms with Crippen molar-refractivity contribution in [3.8, 4) is 0 Å². The maximum atomic E-state index is 13.6. The zero-order valence-electron chi connectivity index (χ0n) is 20.0. The van der Waals surface area contributed by atoms with Crippen LogP contribution in [0.3, 0.4) is 0 Å². The van der Waals surface area contributed by atoms with Gasteiger partial charge in [0.05, 0.1) is 22.6 Å². The van der Waals surface area contributed by atoms with Crippen molar-refractivity contribution in [3.05, 3.63) is 105 Å². The van der Waals surface area contributed by atoms with Gasteiger partial charge in [0, 0.05) is 29.4 Å². The fourth-order valence-electron chi connectivity index (χ4n) is 4.62. The van der Waals surface area contributed by atoms with Crippen molar-refractivity contribution in [2.45, 2.75) is 12.1 Å². The first-order chi connectivity index (χ1) is 18.3. The lowest BCUT2D eigenvalue weighted by Crippen LogP contribution is -2.62. The van der Waals surface area contributed by atoms with Gasteiger partial charge in [0.2, 0.25) is 5.91 Å². The maximum Gasteiger partial charge on any atom is 0.321 e. The van der Waals surface area contributed by atoms with Gasteiger partial charge >= 0.3 is 6.03 Å². The van der Waals surface area contributed by atoms with Crippen LogP contribution in [0.4, 0.5) is 10.5 Å². The van der Waals surface area contributed by atoms with Crippen molar-refractivity contribution >= 4 is 64.4 Å². The zero-order valence-corrected chi connectivity index (χ0v) is 22.3. The number of carbonyl (C=O) groups excluding carboxylic acids is 3. The molecule has 38 heavy (non-hydrogen) atoms. The quantitative estimate of drug-likeness (QED) is 0.411. The highest BCUT2D eigenvalue weighted by Gasteiger charge is 2.38. The molecule has 1 saturated heterocycles. The SMILES string of the molecule is O=C(NC1C=Cc2ccccc21)[C@H]1CN(C(=O)Nc2ccc(Cl)c(Cl)c2)CCN1C(=O)c1cccc(Cl)c1. The normalized spacial score (nSPS) is 18.2. The second-order valence-electron chi connectivity index (χ2n) is 9.00. The highest BCUT2D eigenvalue weighted by Crippen LogP contribution is 2.29. The number of nitrogens with one attached hydrogen (secondary N) is 2. The Morgan fingerprint density at radius 2 is 1.68 bits per heavy atom. The van der Waals surface area contributed by atoms with Gasteiger partial charge < -0.3 is 20.4 Å². The van der Waals surface area contributed by atoms with Crippen molar-refractivity contribution < 1.29 is 14.4 Å². The van der Waals surface area contributed by atoms with Gasteiger partial charge in [0.25, 0.3) is 5.91 Å². The number of fused-ring (bicyclic) bond motifs is 1. The molecule has 4 amide bonds. The Morgan fingerprint density at radius 1 is 0.868 bits per heavy atom. The van der Waals surface area contributed by atoms with E-state index in [0.717, 1.165) is 11.1 Å². The summed E-state index contributed by atoms with van der Waals surface area (Å²) in [5.41, 5.74) is 2.83. The molecular weight excluding hydrogens is 547 g/mol. The van der Waals surface area contributed by atoms with E-state index in [0.29, 0.717) is 26.3 Å². The highest BCUT2D eigenvalue weighted by atomic mass is 35.5. The third-order valence-electron chi connectivity index (χ3n) is 6.57. The molecule has 5 rings (SSSR count). The number of amides is 4. The smallest absolute Gasteiger partial charge is 0.321 e. The largest absolute Gasteiger partial charge is 0.344 e. The summed E-state index contributed by atoms with van der Waals surface area (Å²) < 4.78 is 0. The number of rotatable bonds is 4. The average Bonchev–Trinajstić information content (AvgIpc) is 3.32. The topological polar surface area (TPSA) is 81.8 Å². The molecule has 194 valence electrons. The van der Waals surface area contributed by atoms with Crippen molar-refractivity contribution in [1.29, 1.82) is 0 Å². The van der Waals surface area contributed by atoms with Crippen molar-refractivity contribution in [2.24, 2.45) is 0 Å². The van der Waals surface area contributed by atoms with Crippen LogP contribution < -0.4 is 10.6 Å². The fourth-order valence-corrected chi connectivity index (χ4v) is 5.11. The van der Waals surface area contributed by atoms with Crippen LogP contribution in [0.2, 0.25) is 15.1 Å². The highest BCUT2D eigenvalue weighted by molar-refractivity contribution is 6.42. The number of urea groups is 1. The average molecular weight is 570 g/mol. The van der Waals surface area contributed by atoms with Crippen LogP contribution in [0, 0.1) is 0 Å². The maximum absolute atomic E-state index is 13.6.